The van der Waals surface area contributed by atoms with E-state index in [1.807, 2.05) is 0 Å². The SMILES string of the molecule is CCC(C)CN(C)C1(CN)CCCC(C)(C)C1. The van der Waals surface area contributed by atoms with E-state index < -0.39 is 0 Å². The van der Waals surface area contributed by atoms with Gasteiger partial charge in [-0.15, -0.1) is 0 Å². The molecule has 1 rings (SSSR count). The number of likely N-dealkylation sites (N-methyl/N-ethyl adjacent to an activating group) is 1. The summed E-state index contributed by atoms with van der Waals surface area (Å²) in [7, 11) is 2.28. The molecule has 2 unspecified atom stereocenters. The average Bonchev–Trinajstić information content (AvgIpc) is 2.27. The third-order valence-corrected chi connectivity index (χ3v) is 4.78. The predicted octanol–water partition coefficient (Wildman–Crippen LogP) is 3.26. The Morgan fingerprint density at radius 3 is 2.41 bits per heavy atom. The molecule has 2 heteroatoms. The van der Waals surface area contributed by atoms with Crippen molar-refractivity contribution in [3.05, 3.63) is 0 Å². The maximum Gasteiger partial charge on any atom is 0.0333 e. The molecule has 0 amide bonds. The zero-order chi connectivity index (χ0) is 13.1. The minimum absolute atomic E-state index is 0.255. The summed E-state index contributed by atoms with van der Waals surface area (Å²) in [6.07, 6.45) is 6.47. The Bertz CT molecular complexity index is 237. The van der Waals surface area contributed by atoms with Crippen molar-refractivity contribution < 1.29 is 0 Å². The molecule has 0 aliphatic heterocycles. The first kappa shape index (κ1) is 15.0. The van der Waals surface area contributed by atoms with E-state index in [-0.39, 0.29) is 5.54 Å². The largest absolute Gasteiger partial charge is 0.329 e. The van der Waals surface area contributed by atoms with Crippen LogP contribution in [0.25, 0.3) is 0 Å². The zero-order valence-corrected chi connectivity index (χ0v) is 12.6. The number of hydrogen-bond donors (Lipinski definition) is 1. The molecule has 0 aromatic carbocycles. The molecule has 102 valence electrons. The van der Waals surface area contributed by atoms with Crippen LogP contribution in [0.1, 0.15) is 59.8 Å². The fourth-order valence-corrected chi connectivity index (χ4v) is 3.41. The molecule has 1 fully saturated rings. The van der Waals surface area contributed by atoms with Crippen LogP contribution >= 0.6 is 0 Å². The summed E-state index contributed by atoms with van der Waals surface area (Å²) in [5.74, 6) is 0.772. The van der Waals surface area contributed by atoms with E-state index in [1.54, 1.807) is 0 Å². The van der Waals surface area contributed by atoms with Crippen LogP contribution in [0.4, 0.5) is 0 Å². The Morgan fingerprint density at radius 1 is 1.29 bits per heavy atom. The van der Waals surface area contributed by atoms with E-state index in [0.717, 1.165) is 12.5 Å². The number of nitrogens with zero attached hydrogens (tertiary/aromatic N) is 1. The highest BCUT2D eigenvalue weighted by Gasteiger charge is 2.41. The minimum atomic E-state index is 0.255. The molecule has 0 aromatic rings. The van der Waals surface area contributed by atoms with Gasteiger partial charge in [0.15, 0.2) is 0 Å². The highest BCUT2D eigenvalue weighted by Crippen LogP contribution is 2.43. The van der Waals surface area contributed by atoms with E-state index in [0.29, 0.717) is 5.41 Å². The van der Waals surface area contributed by atoms with Gasteiger partial charge in [-0.05, 0) is 37.6 Å². The van der Waals surface area contributed by atoms with Crippen LogP contribution < -0.4 is 5.73 Å². The van der Waals surface area contributed by atoms with Crippen molar-refractivity contribution >= 4 is 0 Å². The van der Waals surface area contributed by atoms with Gasteiger partial charge in [0.05, 0.1) is 0 Å². The molecule has 1 aliphatic rings. The Labute approximate surface area is 108 Å². The molecule has 0 heterocycles. The molecule has 2 N–H and O–H groups in total. The standard InChI is InChI=1S/C15H32N2/c1-6-13(2)10-17(5)15(12-16)9-7-8-14(3,4)11-15/h13H,6-12,16H2,1-5H3. The summed E-state index contributed by atoms with van der Waals surface area (Å²) in [4.78, 5) is 2.56. The van der Waals surface area contributed by atoms with Crippen LogP contribution in [0.5, 0.6) is 0 Å². The summed E-state index contributed by atoms with van der Waals surface area (Å²) in [6.45, 7) is 11.4. The second-order valence-electron chi connectivity index (χ2n) is 7.02. The molecule has 0 aromatic heterocycles. The fraction of sp³-hybridized carbons (Fsp3) is 1.00. The lowest BCUT2D eigenvalue weighted by Crippen LogP contribution is -2.57. The quantitative estimate of drug-likeness (QED) is 0.799. The first-order valence-electron chi connectivity index (χ1n) is 7.26. The molecule has 1 aliphatic carbocycles. The lowest BCUT2D eigenvalue weighted by Gasteiger charge is -2.50. The van der Waals surface area contributed by atoms with E-state index >= 15 is 0 Å². The van der Waals surface area contributed by atoms with Crippen LogP contribution in [-0.2, 0) is 0 Å². The monoisotopic (exact) mass is 240 g/mol. The van der Waals surface area contributed by atoms with Gasteiger partial charge >= 0.3 is 0 Å². The summed E-state index contributed by atoms with van der Waals surface area (Å²) in [5, 5.41) is 0. The Hall–Kier alpha value is -0.0800. The normalized spacial score (nSPS) is 30.5. The lowest BCUT2D eigenvalue weighted by molar-refractivity contribution is 0.0192. The van der Waals surface area contributed by atoms with Gasteiger partial charge in [0.2, 0.25) is 0 Å². The Kier molecular flexibility index (Phi) is 5.03. The number of nitrogens with two attached hydrogens (primary N) is 1. The van der Waals surface area contributed by atoms with E-state index in [1.165, 1.54) is 38.6 Å². The van der Waals surface area contributed by atoms with Gasteiger partial charge in [-0.1, -0.05) is 40.5 Å². The van der Waals surface area contributed by atoms with Crippen LogP contribution in [0.3, 0.4) is 0 Å². The van der Waals surface area contributed by atoms with Gasteiger partial charge in [0.25, 0.3) is 0 Å². The van der Waals surface area contributed by atoms with Crippen LogP contribution in [0.15, 0.2) is 0 Å². The third-order valence-electron chi connectivity index (χ3n) is 4.78. The Balaban J connectivity index is 2.73. The van der Waals surface area contributed by atoms with Crippen molar-refractivity contribution in [1.29, 1.82) is 0 Å². The minimum Gasteiger partial charge on any atom is -0.329 e. The molecule has 0 bridgehead atoms. The summed E-state index contributed by atoms with van der Waals surface area (Å²) < 4.78 is 0. The van der Waals surface area contributed by atoms with Gasteiger partial charge in [0, 0.05) is 18.6 Å². The molecule has 0 radical (unpaired) electrons. The number of rotatable bonds is 5. The zero-order valence-electron chi connectivity index (χ0n) is 12.6. The molecule has 0 spiro atoms. The van der Waals surface area contributed by atoms with E-state index in [4.69, 9.17) is 5.73 Å². The summed E-state index contributed by atoms with van der Waals surface area (Å²) >= 11 is 0. The predicted molar refractivity (Wildman–Crippen MR) is 76.1 cm³/mol. The van der Waals surface area contributed by atoms with Gasteiger partial charge in [-0.3, -0.25) is 4.90 Å². The van der Waals surface area contributed by atoms with Crippen LogP contribution in [0.2, 0.25) is 0 Å². The first-order chi connectivity index (χ1) is 7.85. The van der Waals surface area contributed by atoms with Crippen LogP contribution in [0, 0.1) is 11.3 Å². The molecule has 1 saturated carbocycles. The smallest absolute Gasteiger partial charge is 0.0333 e. The fourth-order valence-electron chi connectivity index (χ4n) is 3.41. The van der Waals surface area contributed by atoms with Gasteiger partial charge in [0.1, 0.15) is 0 Å². The summed E-state index contributed by atoms with van der Waals surface area (Å²) in [5.41, 5.74) is 6.85. The molecular weight excluding hydrogens is 208 g/mol. The second-order valence-corrected chi connectivity index (χ2v) is 7.02. The molecule has 0 saturated heterocycles. The summed E-state index contributed by atoms with van der Waals surface area (Å²) in [6, 6.07) is 0. The van der Waals surface area contributed by atoms with E-state index in [2.05, 4.69) is 39.6 Å². The number of hydrogen-bond acceptors (Lipinski definition) is 2. The van der Waals surface area contributed by atoms with Crippen molar-refractivity contribution in [1.82, 2.24) is 4.90 Å². The second kappa shape index (κ2) is 5.71. The van der Waals surface area contributed by atoms with Crippen molar-refractivity contribution in [2.45, 2.75) is 65.3 Å². The average molecular weight is 240 g/mol. The molecule has 2 nitrogen and oxygen atoms in total. The first-order valence-corrected chi connectivity index (χ1v) is 7.26. The van der Waals surface area contributed by atoms with Crippen molar-refractivity contribution in [2.75, 3.05) is 20.1 Å². The van der Waals surface area contributed by atoms with Crippen molar-refractivity contribution in [2.24, 2.45) is 17.1 Å². The molecule has 2 atom stereocenters. The lowest BCUT2D eigenvalue weighted by atomic mass is 9.67. The maximum atomic E-state index is 6.14. The van der Waals surface area contributed by atoms with Gasteiger partial charge < -0.3 is 5.73 Å². The van der Waals surface area contributed by atoms with Crippen LogP contribution in [-0.4, -0.2) is 30.6 Å². The highest BCUT2D eigenvalue weighted by molar-refractivity contribution is 4.98. The third kappa shape index (κ3) is 3.69. The van der Waals surface area contributed by atoms with Crippen molar-refractivity contribution in [3.63, 3.8) is 0 Å². The highest BCUT2D eigenvalue weighted by atomic mass is 15.2. The van der Waals surface area contributed by atoms with E-state index in [9.17, 15) is 0 Å². The topological polar surface area (TPSA) is 29.3 Å². The van der Waals surface area contributed by atoms with Gasteiger partial charge in [-0.2, -0.15) is 0 Å². The Morgan fingerprint density at radius 2 is 1.94 bits per heavy atom. The molecular formula is C15H32N2. The maximum absolute atomic E-state index is 6.14. The molecule has 17 heavy (non-hydrogen) atoms. The van der Waals surface area contributed by atoms with Crippen molar-refractivity contribution in [3.8, 4) is 0 Å². The van der Waals surface area contributed by atoms with Gasteiger partial charge in [-0.25, -0.2) is 0 Å².